The molecule has 1 amide bonds. The molecule has 1 aromatic carbocycles. The number of hydrogen-bond acceptors (Lipinski definition) is 3. The zero-order valence-corrected chi connectivity index (χ0v) is 14.5. The third kappa shape index (κ3) is 3.29. The minimum Gasteiger partial charge on any atom is -0.351 e. The summed E-state index contributed by atoms with van der Waals surface area (Å²) in [6.07, 6.45) is 0.905. The Balaban J connectivity index is 1.58. The van der Waals surface area contributed by atoms with E-state index in [1.54, 1.807) is 0 Å². The molecule has 2 heterocycles. The lowest BCUT2D eigenvalue weighted by Crippen LogP contribution is -2.25. The fourth-order valence-corrected chi connectivity index (χ4v) is 3.74. The zero-order chi connectivity index (χ0) is 16.4. The molecule has 5 heteroatoms. The number of hydrogen-bond donors (Lipinski definition) is 1. The maximum Gasteiger partial charge on any atom is 0.263 e. The van der Waals surface area contributed by atoms with Crippen molar-refractivity contribution in [2.75, 3.05) is 6.54 Å². The Morgan fingerprint density at radius 2 is 2.04 bits per heavy atom. The standard InChI is InChI=1S/C18H21N3OS/c1-12-11-15-7-4-5-8-16(15)21(12)10-6-9-19-18(22)17-13(2)20-14(3)23-17/h4-5,7-8,11H,6,9-10H2,1-3H3,(H,19,22). The van der Waals surface area contributed by atoms with E-state index in [-0.39, 0.29) is 5.91 Å². The van der Waals surface area contributed by atoms with Gasteiger partial charge in [0.15, 0.2) is 0 Å². The third-order valence-electron chi connectivity index (χ3n) is 3.97. The van der Waals surface area contributed by atoms with Crippen LogP contribution in [0.3, 0.4) is 0 Å². The van der Waals surface area contributed by atoms with Gasteiger partial charge in [0.05, 0.1) is 10.7 Å². The molecule has 0 fully saturated rings. The zero-order valence-electron chi connectivity index (χ0n) is 13.7. The highest BCUT2D eigenvalue weighted by atomic mass is 32.1. The monoisotopic (exact) mass is 327 g/mol. The van der Waals surface area contributed by atoms with E-state index in [4.69, 9.17) is 0 Å². The molecular formula is C18H21N3OS. The summed E-state index contributed by atoms with van der Waals surface area (Å²) in [5.41, 5.74) is 3.33. The smallest absolute Gasteiger partial charge is 0.263 e. The molecule has 0 bridgehead atoms. The van der Waals surface area contributed by atoms with Crippen LogP contribution in [0.15, 0.2) is 30.3 Å². The van der Waals surface area contributed by atoms with Crippen molar-refractivity contribution in [1.29, 1.82) is 0 Å². The number of para-hydroxylation sites is 1. The van der Waals surface area contributed by atoms with Gasteiger partial charge in [0, 0.05) is 24.3 Å². The number of aromatic nitrogens is 2. The molecule has 120 valence electrons. The number of thiazole rings is 1. The molecule has 2 aromatic heterocycles. The number of benzene rings is 1. The first kappa shape index (κ1) is 15.7. The number of nitrogens with one attached hydrogen (secondary N) is 1. The fraction of sp³-hybridized carbons (Fsp3) is 0.333. The summed E-state index contributed by atoms with van der Waals surface area (Å²) in [6, 6.07) is 10.6. The van der Waals surface area contributed by atoms with Gasteiger partial charge in [0.2, 0.25) is 0 Å². The summed E-state index contributed by atoms with van der Waals surface area (Å²) in [5.74, 6) is -0.0119. The van der Waals surface area contributed by atoms with Crippen LogP contribution in [-0.2, 0) is 6.54 Å². The predicted octanol–water partition coefficient (Wildman–Crippen LogP) is 3.84. The van der Waals surface area contributed by atoms with E-state index in [1.165, 1.54) is 27.9 Å². The van der Waals surface area contributed by atoms with E-state index < -0.39 is 0 Å². The molecule has 0 saturated heterocycles. The van der Waals surface area contributed by atoms with Crippen LogP contribution in [0.5, 0.6) is 0 Å². The molecule has 3 aromatic rings. The van der Waals surface area contributed by atoms with Crippen molar-refractivity contribution in [1.82, 2.24) is 14.9 Å². The van der Waals surface area contributed by atoms with Gasteiger partial charge in [-0.1, -0.05) is 18.2 Å². The van der Waals surface area contributed by atoms with Crippen molar-refractivity contribution in [2.45, 2.75) is 33.7 Å². The lowest BCUT2D eigenvalue weighted by atomic mass is 10.2. The van der Waals surface area contributed by atoms with Crippen molar-refractivity contribution >= 4 is 28.1 Å². The van der Waals surface area contributed by atoms with Gasteiger partial charge in [0.1, 0.15) is 4.88 Å². The van der Waals surface area contributed by atoms with Crippen molar-refractivity contribution in [3.05, 3.63) is 51.6 Å². The Morgan fingerprint density at radius 3 is 2.78 bits per heavy atom. The number of carbonyl (C=O) groups is 1. The molecule has 0 saturated carbocycles. The van der Waals surface area contributed by atoms with Crippen LogP contribution in [0.4, 0.5) is 0 Å². The summed E-state index contributed by atoms with van der Waals surface area (Å²) < 4.78 is 2.31. The van der Waals surface area contributed by atoms with E-state index in [9.17, 15) is 4.79 Å². The first-order valence-electron chi connectivity index (χ1n) is 7.83. The second kappa shape index (κ2) is 6.54. The maximum absolute atomic E-state index is 12.2. The molecule has 3 rings (SSSR count). The molecule has 0 spiro atoms. The quantitative estimate of drug-likeness (QED) is 0.724. The first-order chi connectivity index (χ1) is 11.1. The molecule has 1 N–H and O–H groups in total. The van der Waals surface area contributed by atoms with Crippen LogP contribution in [-0.4, -0.2) is 22.0 Å². The van der Waals surface area contributed by atoms with Crippen LogP contribution in [0, 0.1) is 20.8 Å². The average Bonchev–Trinajstić information content (AvgIpc) is 3.02. The number of aryl methyl sites for hydroxylation is 4. The lowest BCUT2D eigenvalue weighted by Gasteiger charge is -2.09. The summed E-state index contributed by atoms with van der Waals surface area (Å²) >= 11 is 1.45. The fourth-order valence-electron chi connectivity index (χ4n) is 2.91. The second-order valence-electron chi connectivity index (χ2n) is 5.75. The topological polar surface area (TPSA) is 46.9 Å². The van der Waals surface area contributed by atoms with Crippen LogP contribution in [0.2, 0.25) is 0 Å². The Bertz CT molecular complexity index is 847. The number of carbonyl (C=O) groups excluding carboxylic acids is 1. The SMILES string of the molecule is Cc1nc(C)c(C(=O)NCCCn2c(C)cc3ccccc32)s1. The largest absolute Gasteiger partial charge is 0.351 e. The molecular weight excluding hydrogens is 306 g/mol. The van der Waals surface area contributed by atoms with E-state index in [2.05, 4.69) is 52.1 Å². The summed E-state index contributed by atoms with van der Waals surface area (Å²) in [4.78, 5) is 17.2. The molecule has 0 aliphatic carbocycles. The summed E-state index contributed by atoms with van der Waals surface area (Å²) in [5, 5.41) is 5.20. The molecule has 0 atom stereocenters. The van der Waals surface area contributed by atoms with Crippen LogP contribution in [0.1, 0.15) is 32.5 Å². The summed E-state index contributed by atoms with van der Waals surface area (Å²) in [7, 11) is 0. The number of rotatable bonds is 5. The molecule has 0 aliphatic rings. The highest BCUT2D eigenvalue weighted by Crippen LogP contribution is 2.19. The van der Waals surface area contributed by atoms with E-state index in [0.29, 0.717) is 6.54 Å². The Labute approximate surface area is 140 Å². The van der Waals surface area contributed by atoms with Crippen molar-refractivity contribution in [3.63, 3.8) is 0 Å². The number of fused-ring (bicyclic) bond motifs is 1. The molecule has 0 radical (unpaired) electrons. The van der Waals surface area contributed by atoms with E-state index in [0.717, 1.165) is 28.5 Å². The lowest BCUT2D eigenvalue weighted by molar-refractivity contribution is 0.0956. The third-order valence-corrected chi connectivity index (χ3v) is 5.04. The highest BCUT2D eigenvalue weighted by molar-refractivity contribution is 7.13. The van der Waals surface area contributed by atoms with Crippen LogP contribution < -0.4 is 5.32 Å². The van der Waals surface area contributed by atoms with E-state index in [1.807, 2.05) is 13.8 Å². The highest BCUT2D eigenvalue weighted by Gasteiger charge is 2.13. The molecule has 4 nitrogen and oxygen atoms in total. The van der Waals surface area contributed by atoms with Gasteiger partial charge in [0.25, 0.3) is 5.91 Å². The van der Waals surface area contributed by atoms with Gasteiger partial charge in [-0.15, -0.1) is 11.3 Å². The Morgan fingerprint density at radius 1 is 1.26 bits per heavy atom. The van der Waals surface area contributed by atoms with E-state index >= 15 is 0 Å². The maximum atomic E-state index is 12.2. The van der Waals surface area contributed by atoms with Gasteiger partial charge >= 0.3 is 0 Å². The van der Waals surface area contributed by atoms with Crippen molar-refractivity contribution in [2.24, 2.45) is 0 Å². The normalized spacial score (nSPS) is 11.1. The Hall–Kier alpha value is -2.14. The van der Waals surface area contributed by atoms with Gasteiger partial charge in [-0.25, -0.2) is 4.98 Å². The summed E-state index contributed by atoms with van der Waals surface area (Å²) in [6.45, 7) is 7.51. The van der Waals surface area contributed by atoms with Gasteiger partial charge in [-0.3, -0.25) is 4.79 Å². The molecule has 23 heavy (non-hydrogen) atoms. The number of amides is 1. The molecule has 0 aliphatic heterocycles. The predicted molar refractivity (Wildman–Crippen MR) is 95.2 cm³/mol. The van der Waals surface area contributed by atoms with Gasteiger partial charge < -0.3 is 9.88 Å². The first-order valence-corrected chi connectivity index (χ1v) is 8.65. The van der Waals surface area contributed by atoms with Gasteiger partial charge in [-0.2, -0.15) is 0 Å². The number of nitrogens with zero attached hydrogens (tertiary/aromatic N) is 2. The minimum atomic E-state index is -0.0119. The van der Waals surface area contributed by atoms with Gasteiger partial charge in [-0.05, 0) is 44.7 Å². The van der Waals surface area contributed by atoms with Crippen molar-refractivity contribution < 1.29 is 4.79 Å². The Kier molecular flexibility index (Phi) is 4.48. The van der Waals surface area contributed by atoms with Crippen LogP contribution >= 0.6 is 11.3 Å². The van der Waals surface area contributed by atoms with Crippen molar-refractivity contribution in [3.8, 4) is 0 Å². The second-order valence-corrected chi connectivity index (χ2v) is 6.96. The van der Waals surface area contributed by atoms with Crippen LogP contribution in [0.25, 0.3) is 10.9 Å². The molecule has 0 unspecified atom stereocenters. The average molecular weight is 327 g/mol. The minimum absolute atomic E-state index is 0.0119.